The van der Waals surface area contributed by atoms with Gasteiger partial charge in [0.15, 0.2) is 0 Å². The van der Waals surface area contributed by atoms with Crippen molar-refractivity contribution >= 4 is 0 Å². The van der Waals surface area contributed by atoms with Crippen LogP contribution in [-0.2, 0) is 0 Å². The molecule has 0 bridgehead atoms. The van der Waals surface area contributed by atoms with E-state index in [4.69, 9.17) is 0 Å². The SMILES string of the molecule is c1cncc([C@@H]2CCCN2)c1.c1cncc([C@H]2CCCN2)c1. The van der Waals surface area contributed by atoms with E-state index < -0.39 is 0 Å². The quantitative estimate of drug-likeness (QED) is 0.894. The monoisotopic (exact) mass is 296 g/mol. The molecule has 2 aromatic rings. The number of nitrogens with zero attached hydrogens (tertiary/aromatic N) is 2. The molecule has 0 spiro atoms. The normalized spacial score (nSPS) is 23.8. The van der Waals surface area contributed by atoms with E-state index in [1.165, 1.54) is 36.8 Å². The van der Waals surface area contributed by atoms with Gasteiger partial charge in [-0.15, -0.1) is 0 Å². The van der Waals surface area contributed by atoms with Crippen molar-refractivity contribution in [3.63, 3.8) is 0 Å². The van der Waals surface area contributed by atoms with E-state index in [-0.39, 0.29) is 0 Å². The van der Waals surface area contributed by atoms with Crippen molar-refractivity contribution in [1.82, 2.24) is 20.6 Å². The maximum Gasteiger partial charge on any atom is 0.0335 e. The van der Waals surface area contributed by atoms with Gasteiger partial charge in [0.1, 0.15) is 0 Å². The average molecular weight is 296 g/mol. The summed E-state index contributed by atoms with van der Waals surface area (Å²) in [5.74, 6) is 0. The van der Waals surface area contributed by atoms with Crippen LogP contribution in [0, 0.1) is 0 Å². The van der Waals surface area contributed by atoms with Crippen molar-refractivity contribution in [3.8, 4) is 0 Å². The number of nitrogens with one attached hydrogen (secondary N) is 2. The minimum atomic E-state index is 0.559. The summed E-state index contributed by atoms with van der Waals surface area (Å²) < 4.78 is 0. The molecular formula is C18H24N4. The molecule has 2 aliphatic rings. The molecule has 4 heterocycles. The predicted molar refractivity (Wildman–Crippen MR) is 88.4 cm³/mol. The summed E-state index contributed by atoms with van der Waals surface area (Å²) in [4.78, 5) is 8.18. The Balaban J connectivity index is 0.000000131. The molecule has 0 radical (unpaired) electrons. The van der Waals surface area contributed by atoms with Gasteiger partial charge in [0.25, 0.3) is 0 Å². The lowest BCUT2D eigenvalue weighted by atomic mass is 10.1. The Morgan fingerprint density at radius 2 is 1.27 bits per heavy atom. The third-order valence-corrected chi connectivity index (χ3v) is 4.29. The fraction of sp³-hybridized carbons (Fsp3) is 0.444. The van der Waals surface area contributed by atoms with E-state index in [9.17, 15) is 0 Å². The van der Waals surface area contributed by atoms with Crippen molar-refractivity contribution in [1.29, 1.82) is 0 Å². The van der Waals surface area contributed by atoms with E-state index in [0.717, 1.165) is 13.1 Å². The number of hydrogen-bond donors (Lipinski definition) is 2. The lowest BCUT2D eigenvalue weighted by Crippen LogP contribution is -2.12. The smallest absolute Gasteiger partial charge is 0.0335 e. The van der Waals surface area contributed by atoms with Gasteiger partial charge in [-0.05, 0) is 62.0 Å². The lowest BCUT2D eigenvalue weighted by molar-refractivity contribution is 0.645. The maximum atomic E-state index is 4.09. The van der Waals surface area contributed by atoms with Crippen LogP contribution in [0.2, 0.25) is 0 Å². The van der Waals surface area contributed by atoms with Crippen LogP contribution in [0.15, 0.2) is 49.1 Å². The maximum absolute atomic E-state index is 4.09. The van der Waals surface area contributed by atoms with E-state index in [2.05, 4.69) is 32.7 Å². The zero-order valence-corrected chi connectivity index (χ0v) is 12.9. The molecule has 116 valence electrons. The summed E-state index contributed by atoms with van der Waals surface area (Å²) in [5, 5.41) is 6.87. The average Bonchev–Trinajstić information content (AvgIpc) is 3.31. The topological polar surface area (TPSA) is 49.8 Å². The van der Waals surface area contributed by atoms with Gasteiger partial charge in [0.05, 0.1) is 0 Å². The minimum Gasteiger partial charge on any atom is -0.310 e. The fourth-order valence-electron chi connectivity index (χ4n) is 3.10. The lowest BCUT2D eigenvalue weighted by Gasteiger charge is -2.08. The second-order valence-corrected chi connectivity index (χ2v) is 5.87. The van der Waals surface area contributed by atoms with E-state index in [1.54, 1.807) is 0 Å². The third-order valence-electron chi connectivity index (χ3n) is 4.29. The first-order valence-corrected chi connectivity index (χ1v) is 8.20. The molecule has 4 rings (SSSR count). The first-order chi connectivity index (χ1) is 10.9. The van der Waals surface area contributed by atoms with Gasteiger partial charge >= 0.3 is 0 Å². The van der Waals surface area contributed by atoms with Crippen molar-refractivity contribution in [2.45, 2.75) is 37.8 Å². The Kier molecular flexibility index (Phi) is 5.51. The predicted octanol–water partition coefficient (Wildman–Crippen LogP) is 3.01. The second-order valence-electron chi connectivity index (χ2n) is 5.87. The van der Waals surface area contributed by atoms with Gasteiger partial charge in [-0.2, -0.15) is 0 Å². The summed E-state index contributed by atoms with van der Waals surface area (Å²) in [6, 6.07) is 9.38. The van der Waals surface area contributed by atoms with Crippen LogP contribution in [0.5, 0.6) is 0 Å². The third kappa shape index (κ3) is 4.12. The van der Waals surface area contributed by atoms with Gasteiger partial charge in [-0.1, -0.05) is 12.1 Å². The highest BCUT2D eigenvalue weighted by atomic mass is 14.9. The van der Waals surface area contributed by atoms with E-state index >= 15 is 0 Å². The Labute approximate surface area is 132 Å². The summed E-state index contributed by atoms with van der Waals surface area (Å²) >= 11 is 0. The number of hydrogen-bond acceptors (Lipinski definition) is 4. The molecule has 0 aliphatic carbocycles. The molecule has 0 amide bonds. The van der Waals surface area contributed by atoms with Crippen LogP contribution in [0.4, 0.5) is 0 Å². The van der Waals surface area contributed by atoms with Gasteiger partial charge in [-0.3, -0.25) is 9.97 Å². The van der Waals surface area contributed by atoms with Crippen molar-refractivity contribution in [2.75, 3.05) is 13.1 Å². The number of rotatable bonds is 2. The zero-order valence-electron chi connectivity index (χ0n) is 12.9. The highest BCUT2D eigenvalue weighted by Gasteiger charge is 2.15. The molecule has 4 nitrogen and oxygen atoms in total. The number of aromatic nitrogens is 2. The molecule has 0 aromatic carbocycles. The molecule has 2 aromatic heterocycles. The first kappa shape index (κ1) is 15.1. The molecule has 2 atom stereocenters. The second kappa shape index (κ2) is 8.01. The summed E-state index contributed by atoms with van der Waals surface area (Å²) in [5.41, 5.74) is 2.65. The highest BCUT2D eigenvalue weighted by Crippen LogP contribution is 2.22. The Bertz CT molecular complexity index is 480. The van der Waals surface area contributed by atoms with Crippen LogP contribution in [-0.4, -0.2) is 23.1 Å². The summed E-state index contributed by atoms with van der Waals surface area (Å²) in [7, 11) is 0. The van der Waals surface area contributed by atoms with Gasteiger partial charge in [0, 0.05) is 36.9 Å². The largest absolute Gasteiger partial charge is 0.310 e. The Hall–Kier alpha value is -1.78. The molecule has 2 saturated heterocycles. The highest BCUT2D eigenvalue weighted by molar-refractivity contribution is 5.15. The Morgan fingerprint density at radius 1 is 0.773 bits per heavy atom. The van der Waals surface area contributed by atoms with Gasteiger partial charge in [0.2, 0.25) is 0 Å². The molecule has 0 saturated carbocycles. The first-order valence-electron chi connectivity index (χ1n) is 8.20. The molecule has 2 fully saturated rings. The van der Waals surface area contributed by atoms with Gasteiger partial charge in [-0.25, -0.2) is 0 Å². The van der Waals surface area contributed by atoms with Crippen molar-refractivity contribution in [3.05, 3.63) is 60.2 Å². The van der Waals surface area contributed by atoms with Crippen LogP contribution in [0.1, 0.15) is 48.9 Å². The zero-order chi connectivity index (χ0) is 15.0. The minimum absolute atomic E-state index is 0.559. The summed E-state index contributed by atoms with van der Waals surface area (Å²) in [6.07, 6.45) is 12.6. The van der Waals surface area contributed by atoms with Crippen LogP contribution in [0.3, 0.4) is 0 Å². The summed E-state index contributed by atoms with van der Waals surface area (Å²) in [6.45, 7) is 2.30. The molecule has 22 heavy (non-hydrogen) atoms. The molecule has 0 unspecified atom stereocenters. The van der Waals surface area contributed by atoms with Crippen LogP contribution < -0.4 is 10.6 Å². The van der Waals surface area contributed by atoms with E-state index in [1.807, 2.05) is 36.9 Å². The Morgan fingerprint density at radius 3 is 1.59 bits per heavy atom. The molecular weight excluding hydrogens is 272 g/mol. The standard InChI is InChI=1S/2C9H12N2/c2*1-3-8(7-10-5-1)9-4-2-6-11-9/h2*1,3,5,7,9,11H,2,4,6H2/t2*9-/m10/s1. The molecule has 2 aliphatic heterocycles. The molecule has 2 N–H and O–H groups in total. The van der Waals surface area contributed by atoms with Crippen molar-refractivity contribution in [2.24, 2.45) is 0 Å². The number of pyridine rings is 2. The van der Waals surface area contributed by atoms with Gasteiger partial charge < -0.3 is 10.6 Å². The van der Waals surface area contributed by atoms with Crippen LogP contribution in [0.25, 0.3) is 0 Å². The fourth-order valence-corrected chi connectivity index (χ4v) is 3.10. The van der Waals surface area contributed by atoms with Crippen LogP contribution >= 0.6 is 0 Å². The molecule has 4 heteroatoms. The van der Waals surface area contributed by atoms with Crippen molar-refractivity contribution < 1.29 is 0 Å². The van der Waals surface area contributed by atoms with E-state index in [0.29, 0.717) is 12.1 Å².